The SMILES string of the molecule is Cc1ccc(CNCC2CCCO2)c(Br)c1. The number of hydrogen-bond donors (Lipinski definition) is 1. The van der Waals surface area contributed by atoms with Crippen LogP contribution in [0.1, 0.15) is 24.0 Å². The van der Waals surface area contributed by atoms with Crippen LogP contribution in [0.3, 0.4) is 0 Å². The standard InChI is InChI=1S/C13H18BrNO/c1-10-4-5-11(13(14)7-10)8-15-9-12-3-2-6-16-12/h4-5,7,12,15H,2-3,6,8-9H2,1H3. The van der Waals surface area contributed by atoms with E-state index in [1.165, 1.54) is 28.4 Å². The van der Waals surface area contributed by atoms with Gasteiger partial charge in [-0.05, 0) is 37.0 Å². The Hall–Kier alpha value is -0.380. The van der Waals surface area contributed by atoms with Gasteiger partial charge in [0.25, 0.3) is 0 Å². The zero-order chi connectivity index (χ0) is 11.4. The molecule has 1 aromatic carbocycles. The summed E-state index contributed by atoms with van der Waals surface area (Å²) in [6.07, 6.45) is 2.83. The first-order valence-corrected chi connectivity index (χ1v) is 6.62. The first-order chi connectivity index (χ1) is 7.75. The normalized spacial score (nSPS) is 20.2. The second-order valence-electron chi connectivity index (χ2n) is 4.36. The molecular weight excluding hydrogens is 266 g/mol. The molecule has 0 aromatic heterocycles. The Balaban J connectivity index is 1.80. The molecule has 1 aliphatic heterocycles. The maximum atomic E-state index is 5.57. The van der Waals surface area contributed by atoms with Gasteiger partial charge in [0.1, 0.15) is 0 Å². The van der Waals surface area contributed by atoms with Gasteiger partial charge in [0, 0.05) is 24.2 Å². The summed E-state index contributed by atoms with van der Waals surface area (Å²) in [5, 5.41) is 3.45. The Morgan fingerprint density at radius 3 is 3.06 bits per heavy atom. The van der Waals surface area contributed by atoms with E-state index in [-0.39, 0.29) is 0 Å². The van der Waals surface area contributed by atoms with Crippen molar-refractivity contribution in [3.05, 3.63) is 33.8 Å². The van der Waals surface area contributed by atoms with Gasteiger partial charge in [0.05, 0.1) is 6.10 Å². The first-order valence-electron chi connectivity index (χ1n) is 5.83. The summed E-state index contributed by atoms with van der Waals surface area (Å²) in [4.78, 5) is 0. The lowest BCUT2D eigenvalue weighted by molar-refractivity contribution is 0.110. The third-order valence-corrected chi connectivity index (χ3v) is 3.66. The van der Waals surface area contributed by atoms with E-state index in [1.54, 1.807) is 0 Å². The monoisotopic (exact) mass is 283 g/mol. The highest BCUT2D eigenvalue weighted by Gasteiger charge is 2.14. The van der Waals surface area contributed by atoms with Crippen LogP contribution in [0.15, 0.2) is 22.7 Å². The number of nitrogens with one attached hydrogen (secondary N) is 1. The summed E-state index contributed by atoms with van der Waals surface area (Å²) >= 11 is 3.59. The predicted octanol–water partition coefficient (Wildman–Crippen LogP) is 3.03. The Morgan fingerprint density at radius 1 is 1.50 bits per heavy atom. The molecule has 1 heterocycles. The van der Waals surface area contributed by atoms with E-state index in [0.29, 0.717) is 6.10 Å². The van der Waals surface area contributed by atoms with Crippen LogP contribution in [0, 0.1) is 6.92 Å². The molecule has 1 atom stereocenters. The molecule has 88 valence electrons. The smallest absolute Gasteiger partial charge is 0.0700 e. The fraction of sp³-hybridized carbons (Fsp3) is 0.538. The predicted molar refractivity (Wildman–Crippen MR) is 69.6 cm³/mol. The van der Waals surface area contributed by atoms with Crippen LogP contribution in [0.4, 0.5) is 0 Å². The van der Waals surface area contributed by atoms with Crippen LogP contribution >= 0.6 is 15.9 Å². The van der Waals surface area contributed by atoms with Crippen molar-refractivity contribution in [3.63, 3.8) is 0 Å². The van der Waals surface area contributed by atoms with Gasteiger partial charge in [-0.15, -0.1) is 0 Å². The van der Waals surface area contributed by atoms with E-state index >= 15 is 0 Å². The van der Waals surface area contributed by atoms with E-state index in [9.17, 15) is 0 Å². The van der Waals surface area contributed by atoms with E-state index in [4.69, 9.17) is 4.74 Å². The summed E-state index contributed by atoms with van der Waals surface area (Å²) in [6.45, 7) is 4.90. The lowest BCUT2D eigenvalue weighted by Gasteiger charge is -2.11. The quantitative estimate of drug-likeness (QED) is 0.917. The minimum Gasteiger partial charge on any atom is -0.377 e. The van der Waals surface area contributed by atoms with Crippen molar-refractivity contribution < 1.29 is 4.74 Å². The van der Waals surface area contributed by atoms with Crippen LogP contribution < -0.4 is 5.32 Å². The zero-order valence-corrected chi connectivity index (χ0v) is 11.2. The molecule has 2 nitrogen and oxygen atoms in total. The van der Waals surface area contributed by atoms with Crippen LogP contribution in [-0.2, 0) is 11.3 Å². The first kappa shape index (κ1) is 12.1. The largest absolute Gasteiger partial charge is 0.377 e. The molecule has 1 unspecified atom stereocenters. The molecule has 0 aliphatic carbocycles. The highest BCUT2D eigenvalue weighted by Crippen LogP contribution is 2.18. The molecule has 1 fully saturated rings. The van der Waals surface area contributed by atoms with Crippen LogP contribution in [-0.4, -0.2) is 19.3 Å². The summed E-state index contributed by atoms with van der Waals surface area (Å²) in [5.41, 5.74) is 2.60. The fourth-order valence-electron chi connectivity index (χ4n) is 1.97. The third-order valence-electron chi connectivity index (χ3n) is 2.92. The number of hydrogen-bond acceptors (Lipinski definition) is 2. The summed E-state index contributed by atoms with van der Waals surface area (Å²) in [7, 11) is 0. The number of aryl methyl sites for hydroxylation is 1. The molecule has 3 heteroatoms. The Labute approximate surface area is 106 Å². The lowest BCUT2D eigenvalue weighted by atomic mass is 10.1. The highest BCUT2D eigenvalue weighted by atomic mass is 79.9. The van der Waals surface area contributed by atoms with Gasteiger partial charge in [-0.25, -0.2) is 0 Å². The van der Waals surface area contributed by atoms with Crippen LogP contribution in [0.25, 0.3) is 0 Å². The van der Waals surface area contributed by atoms with Gasteiger partial charge in [-0.1, -0.05) is 28.1 Å². The molecule has 0 bridgehead atoms. The van der Waals surface area contributed by atoms with Gasteiger partial charge in [0.2, 0.25) is 0 Å². The maximum absolute atomic E-state index is 5.57. The van der Waals surface area contributed by atoms with E-state index in [0.717, 1.165) is 19.7 Å². The van der Waals surface area contributed by atoms with Crippen molar-refractivity contribution in [3.8, 4) is 0 Å². The minimum atomic E-state index is 0.421. The number of ether oxygens (including phenoxy) is 1. The van der Waals surface area contributed by atoms with Gasteiger partial charge in [0.15, 0.2) is 0 Å². The van der Waals surface area contributed by atoms with Crippen LogP contribution in [0.5, 0.6) is 0 Å². The van der Waals surface area contributed by atoms with E-state index in [1.807, 2.05) is 0 Å². The average Bonchev–Trinajstić information content (AvgIpc) is 2.74. The molecule has 0 saturated carbocycles. The van der Waals surface area contributed by atoms with Crippen LogP contribution in [0.2, 0.25) is 0 Å². The maximum Gasteiger partial charge on any atom is 0.0700 e. The van der Waals surface area contributed by atoms with E-state index < -0.39 is 0 Å². The molecule has 16 heavy (non-hydrogen) atoms. The fourth-order valence-corrected chi connectivity index (χ4v) is 2.60. The van der Waals surface area contributed by atoms with Crippen molar-refractivity contribution in [1.82, 2.24) is 5.32 Å². The molecule has 0 radical (unpaired) electrons. The summed E-state index contributed by atoms with van der Waals surface area (Å²) < 4.78 is 6.75. The van der Waals surface area contributed by atoms with Crippen molar-refractivity contribution in [2.75, 3.05) is 13.2 Å². The molecule has 0 amide bonds. The van der Waals surface area contributed by atoms with Crippen molar-refractivity contribution >= 4 is 15.9 Å². The van der Waals surface area contributed by atoms with Gasteiger partial charge >= 0.3 is 0 Å². The number of rotatable bonds is 4. The molecule has 0 spiro atoms. The minimum absolute atomic E-state index is 0.421. The molecular formula is C13H18BrNO. The molecule has 1 saturated heterocycles. The van der Waals surface area contributed by atoms with E-state index in [2.05, 4.69) is 46.4 Å². The third kappa shape index (κ3) is 3.30. The second-order valence-corrected chi connectivity index (χ2v) is 5.22. The van der Waals surface area contributed by atoms with Crippen molar-refractivity contribution in [2.24, 2.45) is 0 Å². The molecule has 1 aliphatic rings. The second kappa shape index (κ2) is 5.80. The summed E-state index contributed by atoms with van der Waals surface area (Å²) in [5.74, 6) is 0. The Kier molecular flexibility index (Phi) is 4.38. The van der Waals surface area contributed by atoms with Crippen molar-refractivity contribution in [1.29, 1.82) is 0 Å². The van der Waals surface area contributed by atoms with Crippen molar-refractivity contribution in [2.45, 2.75) is 32.4 Å². The average molecular weight is 284 g/mol. The van der Waals surface area contributed by atoms with Gasteiger partial charge in [-0.2, -0.15) is 0 Å². The molecule has 2 rings (SSSR count). The number of benzene rings is 1. The molecule has 1 aromatic rings. The Bertz CT molecular complexity index is 348. The molecule has 1 N–H and O–H groups in total. The van der Waals surface area contributed by atoms with Gasteiger partial charge in [-0.3, -0.25) is 0 Å². The Morgan fingerprint density at radius 2 is 2.38 bits per heavy atom. The number of halogens is 1. The van der Waals surface area contributed by atoms with Gasteiger partial charge < -0.3 is 10.1 Å². The topological polar surface area (TPSA) is 21.3 Å². The highest BCUT2D eigenvalue weighted by molar-refractivity contribution is 9.10. The zero-order valence-electron chi connectivity index (χ0n) is 9.63. The summed E-state index contributed by atoms with van der Waals surface area (Å²) in [6, 6.07) is 6.47. The lowest BCUT2D eigenvalue weighted by Crippen LogP contribution is -2.25.